The molecule has 17 heavy (non-hydrogen) atoms. The van der Waals surface area contributed by atoms with Crippen LogP contribution in [-0.2, 0) is 4.74 Å². The number of ether oxygens (including phenoxy) is 1. The van der Waals surface area contributed by atoms with E-state index in [-0.39, 0.29) is 0 Å². The molecule has 1 aliphatic carbocycles. The van der Waals surface area contributed by atoms with E-state index < -0.39 is 0 Å². The molecule has 0 heterocycles. The molecule has 0 aromatic rings. The minimum atomic E-state index is 0.582. The molecule has 1 rings (SSSR count). The summed E-state index contributed by atoms with van der Waals surface area (Å²) in [6.45, 7) is 7.81. The lowest BCUT2D eigenvalue weighted by Crippen LogP contribution is -2.31. The molecule has 0 saturated heterocycles. The van der Waals surface area contributed by atoms with Gasteiger partial charge in [0, 0.05) is 13.7 Å². The molecule has 1 aliphatic rings. The van der Waals surface area contributed by atoms with Gasteiger partial charge in [0.05, 0.1) is 0 Å². The maximum atomic E-state index is 5.29. The summed E-state index contributed by atoms with van der Waals surface area (Å²) in [5, 5.41) is 3.59. The summed E-state index contributed by atoms with van der Waals surface area (Å²) in [5.41, 5.74) is 0.582. The second-order valence-corrected chi connectivity index (χ2v) is 6.15. The Morgan fingerprint density at radius 1 is 1.12 bits per heavy atom. The smallest absolute Gasteiger partial charge is 0.0467 e. The van der Waals surface area contributed by atoms with Crippen LogP contribution in [0, 0.1) is 11.3 Å². The Morgan fingerprint density at radius 3 is 2.41 bits per heavy atom. The lowest BCUT2D eigenvalue weighted by Gasteiger charge is -2.37. The van der Waals surface area contributed by atoms with Crippen LogP contribution in [0.3, 0.4) is 0 Å². The van der Waals surface area contributed by atoms with E-state index in [9.17, 15) is 0 Å². The molecule has 0 atom stereocenters. The van der Waals surface area contributed by atoms with Crippen molar-refractivity contribution in [2.75, 3.05) is 26.8 Å². The lowest BCUT2D eigenvalue weighted by atomic mass is 9.70. The zero-order valence-corrected chi connectivity index (χ0v) is 12.1. The molecule has 2 heteroatoms. The van der Waals surface area contributed by atoms with Gasteiger partial charge < -0.3 is 10.1 Å². The summed E-state index contributed by atoms with van der Waals surface area (Å²) >= 11 is 0. The SMILES string of the molecule is COCCC1(CCNCC(C)C)CCCCC1. The Balaban J connectivity index is 2.29. The maximum absolute atomic E-state index is 5.29. The molecule has 0 radical (unpaired) electrons. The Morgan fingerprint density at radius 2 is 1.82 bits per heavy atom. The van der Waals surface area contributed by atoms with Gasteiger partial charge in [-0.15, -0.1) is 0 Å². The fourth-order valence-corrected chi connectivity index (χ4v) is 2.99. The van der Waals surface area contributed by atoms with E-state index in [1.54, 1.807) is 0 Å². The molecule has 1 saturated carbocycles. The Labute approximate surface area is 108 Å². The van der Waals surface area contributed by atoms with Gasteiger partial charge in [0.2, 0.25) is 0 Å². The molecule has 0 spiro atoms. The first-order chi connectivity index (χ1) is 8.18. The molecular weight excluding hydrogens is 210 g/mol. The summed E-state index contributed by atoms with van der Waals surface area (Å²) in [6.07, 6.45) is 9.71. The highest BCUT2D eigenvalue weighted by Gasteiger charge is 2.30. The highest BCUT2D eigenvalue weighted by Crippen LogP contribution is 2.41. The topological polar surface area (TPSA) is 21.3 Å². The van der Waals surface area contributed by atoms with E-state index in [2.05, 4.69) is 19.2 Å². The molecular formula is C15H31NO. The zero-order valence-electron chi connectivity index (χ0n) is 12.1. The average molecular weight is 241 g/mol. The van der Waals surface area contributed by atoms with Gasteiger partial charge in [0.1, 0.15) is 0 Å². The third-order valence-electron chi connectivity index (χ3n) is 4.14. The number of nitrogens with one attached hydrogen (secondary N) is 1. The second kappa shape index (κ2) is 8.10. The fourth-order valence-electron chi connectivity index (χ4n) is 2.99. The predicted molar refractivity (Wildman–Crippen MR) is 74.3 cm³/mol. The van der Waals surface area contributed by atoms with Crippen molar-refractivity contribution in [3.8, 4) is 0 Å². The zero-order chi connectivity index (χ0) is 12.6. The van der Waals surface area contributed by atoms with Crippen molar-refractivity contribution < 1.29 is 4.74 Å². The first-order valence-corrected chi connectivity index (χ1v) is 7.38. The van der Waals surface area contributed by atoms with Gasteiger partial charge in [-0.3, -0.25) is 0 Å². The van der Waals surface area contributed by atoms with Crippen molar-refractivity contribution in [3.63, 3.8) is 0 Å². The van der Waals surface area contributed by atoms with Crippen molar-refractivity contribution in [1.29, 1.82) is 0 Å². The summed E-state index contributed by atoms with van der Waals surface area (Å²) < 4.78 is 5.29. The van der Waals surface area contributed by atoms with Crippen LogP contribution in [-0.4, -0.2) is 26.8 Å². The summed E-state index contributed by atoms with van der Waals surface area (Å²) in [5.74, 6) is 0.760. The Kier molecular flexibility index (Phi) is 7.14. The Bertz CT molecular complexity index is 185. The van der Waals surface area contributed by atoms with E-state index in [0.717, 1.165) is 19.1 Å². The normalized spacial score (nSPS) is 19.8. The first kappa shape index (κ1) is 15.0. The monoisotopic (exact) mass is 241 g/mol. The number of methoxy groups -OCH3 is 1. The van der Waals surface area contributed by atoms with Gasteiger partial charge in [-0.2, -0.15) is 0 Å². The van der Waals surface area contributed by atoms with Crippen LogP contribution in [0.4, 0.5) is 0 Å². The average Bonchev–Trinajstić information content (AvgIpc) is 2.33. The number of hydrogen-bond donors (Lipinski definition) is 1. The highest BCUT2D eigenvalue weighted by atomic mass is 16.5. The van der Waals surface area contributed by atoms with Crippen LogP contribution in [0.1, 0.15) is 58.8 Å². The van der Waals surface area contributed by atoms with Crippen molar-refractivity contribution in [1.82, 2.24) is 5.32 Å². The van der Waals surface area contributed by atoms with Gasteiger partial charge in [-0.05, 0) is 50.1 Å². The molecule has 0 unspecified atom stereocenters. The molecule has 0 aliphatic heterocycles. The van der Waals surface area contributed by atoms with Gasteiger partial charge >= 0.3 is 0 Å². The molecule has 2 nitrogen and oxygen atoms in total. The minimum absolute atomic E-state index is 0.582. The van der Waals surface area contributed by atoms with Crippen LogP contribution >= 0.6 is 0 Å². The molecule has 0 aromatic heterocycles. The molecule has 0 bridgehead atoms. The van der Waals surface area contributed by atoms with Crippen LogP contribution in [0.25, 0.3) is 0 Å². The largest absolute Gasteiger partial charge is 0.385 e. The van der Waals surface area contributed by atoms with E-state index in [1.165, 1.54) is 51.5 Å². The maximum Gasteiger partial charge on any atom is 0.0467 e. The van der Waals surface area contributed by atoms with Crippen LogP contribution in [0.15, 0.2) is 0 Å². The second-order valence-electron chi connectivity index (χ2n) is 6.15. The van der Waals surface area contributed by atoms with E-state index in [1.807, 2.05) is 7.11 Å². The molecule has 1 N–H and O–H groups in total. The van der Waals surface area contributed by atoms with Crippen molar-refractivity contribution in [3.05, 3.63) is 0 Å². The molecule has 1 fully saturated rings. The van der Waals surface area contributed by atoms with Gasteiger partial charge in [0.25, 0.3) is 0 Å². The van der Waals surface area contributed by atoms with E-state index in [0.29, 0.717) is 5.41 Å². The third kappa shape index (κ3) is 5.87. The summed E-state index contributed by atoms with van der Waals surface area (Å²) in [7, 11) is 1.83. The van der Waals surface area contributed by atoms with E-state index in [4.69, 9.17) is 4.74 Å². The fraction of sp³-hybridized carbons (Fsp3) is 1.00. The first-order valence-electron chi connectivity index (χ1n) is 7.38. The van der Waals surface area contributed by atoms with Crippen LogP contribution < -0.4 is 5.32 Å². The quantitative estimate of drug-likeness (QED) is 0.656. The predicted octanol–water partition coefficient (Wildman–Crippen LogP) is 3.61. The van der Waals surface area contributed by atoms with Crippen molar-refractivity contribution in [2.24, 2.45) is 11.3 Å². The van der Waals surface area contributed by atoms with Crippen molar-refractivity contribution >= 4 is 0 Å². The van der Waals surface area contributed by atoms with Gasteiger partial charge in [-0.1, -0.05) is 33.1 Å². The van der Waals surface area contributed by atoms with Gasteiger partial charge in [-0.25, -0.2) is 0 Å². The summed E-state index contributed by atoms with van der Waals surface area (Å²) in [4.78, 5) is 0. The van der Waals surface area contributed by atoms with Gasteiger partial charge in [0.15, 0.2) is 0 Å². The molecule has 0 aromatic carbocycles. The molecule has 102 valence electrons. The molecule has 0 amide bonds. The van der Waals surface area contributed by atoms with Crippen molar-refractivity contribution in [2.45, 2.75) is 58.8 Å². The minimum Gasteiger partial charge on any atom is -0.385 e. The lowest BCUT2D eigenvalue weighted by molar-refractivity contribution is 0.0944. The van der Waals surface area contributed by atoms with E-state index >= 15 is 0 Å². The van der Waals surface area contributed by atoms with Crippen LogP contribution in [0.2, 0.25) is 0 Å². The van der Waals surface area contributed by atoms with Crippen LogP contribution in [0.5, 0.6) is 0 Å². The Hall–Kier alpha value is -0.0800. The highest BCUT2D eigenvalue weighted by molar-refractivity contribution is 4.83. The number of hydrogen-bond acceptors (Lipinski definition) is 2. The standard InChI is InChI=1S/C15H31NO/c1-14(2)13-16-11-9-15(10-12-17-3)7-5-4-6-8-15/h14,16H,4-13H2,1-3H3. The summed E-state index contributed by atoms with van der Waals surface area (Å²) in [6, 6.07) is 0. The number of rotatable bonds is 8. The third-order valence-corrected chi connectivity index (χ3v) is 4.14.